The van der Waals surface area contributed by atoms with Gasteiger partial charge in [-0.2, -0.15) is 0 Å². The maximum Gasteiger partial charge on any atom is 0.355 e. The first-order valence-electron chi connectivity index (χ1n) is 11.6. The topological polar surface area (TPSA) is 507 Å². The van der Waals surface area contributed by atoms with Crippen molar-refractivity contribution in [1.82, 2.24) is 14.7 Å². The number of aliphatic carboxylic acids is 1. The van der Waals surface area contributed by atoms with E-state index in [1.54, 1.807) is 0 Å². The molecule has 0 spiro atoms. The zero-order chi connectivity index (χ0) is 39.0. The Balaban J connectivity index is 7.49. The molecule has 0 aromatic heterocycles. The second-order valence-electron chi connectivity index (χ2n) is 9.62. The summed E-state index contributed by atoms with van der Waals surface area (Å²) in [5.41, 5.74) is -15.1. The first-order chi connectivity index (χ1) is 20.7. The molecule has 0 fully saturated rings. The Hall–Kier alpha value is 0.550. The molecule has 288 valence electrons. The highest BCUT2D eigenvalue weighted by Gasteiger charge is 2.60. The SMILES string of the molecule is C[C@@H](C(=O)O)N(CCN(C(P(=O)(O)O)P(=O)(O)O)C(P(=O)(O)O)P(=O)(O)O)CCN(C(P(=O)(O)O)P(=O)(O)O)C(P(=O)(O)O)P(=O)(O)O. The van der Waals surface area contributed by atoms with Gasteiger partial charge in [0.1, 0.15) is 6.04 Å². The number of carbonyl (C=O) groups is 1. The Kier molecular flexibility index (Phi) is 16.5. The van der Waals surface area contributed by atoms with Gasteiger partial charge in [0, 0.05) is 26.2 Å². The minimum Gasteiger partial charge on any atom is -0.480 e. The number of hydrogen-bond acceptors (Lipinski definition) is 12. The number of rotatable bonds is 20. The van der Waals surface area contributed by atoms with Crippen LogP contribution in [-0.4, -0.2) is 158 Å². The largest absolute Gasteiger partial charge is 0.480 e. The third-order valence-electron chi connectivity index (χ3n) is 5.79. The maximum atomic E-state index is 12.1. The number of carboxylic acids is 1. The standard InChI is InChI=1S/C11H33N3O26P8/c1-6(7(15)16)12(2-4-13(8(41(17,18)19)42(20,21)22)9(43(23,24)25)44(26,27)28)3-5-14(10(45(29,30)31)46(32,33)34)11(47(35,36)37)48(38,39)40/h6,8-11H,2-5H2,1H3,(H,15,16)(H2,17,18,19)(H2,20,21,22)(H2,23,24,25)(H2,26,27,28)(H2,29,30,31)(H2,32,33,34)(H2,35,36,37)(H2,38,39,40)/t6-/m0/s1. The Morgan fingerprint density at radius 2 is 0.583 bits per heavy atom. The molecule has 0 saturated carbocycles. The van der Waals surface area contributed by atoms with Crippen molar-refractivity contribution in [2.75, 3.05) is 26.2 Å². The van der Waals surface area contributed by atoms with E-state index in [9.17, 15) is 125 Å². The van der Waals surface area contributed by atoms with Gasteiger partial charge in [-0.3, -0.25) is 56.0 Å². The quantitative estimate of drug-likeness (QED) is 0.0517. The first kappa shape index (κ1) is 48.5. The highest BCUT2D eigenvalue weighted by atomic mass is 31.3. The second-order valence-corrected chi connectivity index (χ2v) is 24.6. The predicted molar refractivity (Wildman–Crippen MR) is 154 cm³/mol. The van der Waals surface area contributed by atoms with Gasteiger partial charge in [-0.1, -0.05) is 0 Å². The second kappa shape index (κ2) is 16.3. The van der Waals surface area contributed by atoms with Gasteiger partial charge in [-0.25, -0.2) is 0 Å². The van der Waals surface area contributed by atoms with Crippen molar-refractivity contribution in [1.29, 1.82) is 0 Å². The Morgan fingerprint density at radius 3 is 0.708 bits per heavy atom. The van der Waals surface area contributed by atoms with Crippen LogP contribution in [-0.2, 0) is 41.3 Å². The van der Waals surface area contributed by atoms with Gasteiger partial charge in [0.05, 0.1) is 0 Å². The van der Waals surface area contributed by atoms with Gasteiger partial charge < -0.3 is 83.4 Å². The summed E-state index contributed by atoms with van der Waals surface area (Å²) < 4.78 is 96.4. The van der Waals surface area contributed by atoms with E-state index in [-0.39, 0.29) is 4.90 Å². The number of carboxylic acid groups (broad SMARTS) is 1. The van der Waals surface area contributed by atoms with E-state index in [0.717, 1.165) is 0 Å². The molecule has 0 aliphatic heterocycles. The molecule has 0 aromatic rings. The molecule has 17 N–H and O–H groups in total. The number of nitrogens with zero attached hydrogens (tertiary/aromatic N) is 3. The molecule has 0 unspecified atom stereocenters. The van der Waals surface area contributed by atoms with E-state index in [1.807, 2.05) is 0 Å². The van der Waals surface area contributed by atoms with Crippen LogP contribution in [0, 0.1) is 0 Å². The smallest absolute Gasteiger partial charge is 0.355 e. The van der Waals surface area contributed by atoms with Crippen LogP contribution in [0.3, 0.4) is 0 Å². The molecule has 0 amide bonds. The van der Waals surface area contributed by atoms with Crippen LogP contribution in [0.15, 0.2) is 0 Å². The number of hydrogen-bond donors (Lipinski definition) is 17. The Labute approximate surface area is 267 Å². The molecule has 37 heteroatoms. The highest BCUT2D eigenvalue weighted by molar-refractivity contribution is 7.73. The Morgan fingerprint density at radius 1 is 0.417 bits per heavy atom. The predicted octanol–water partition coefficient (Wildman–Crippen LogP) is -4.08. The van der Waals surface area contributed by atoms with Crippen molar-refractivity contribution >= 4 is 66.7 Å². The summed E-state index contributed by atoms with van der Waals surface area (Å²) >= 11 is 0. The summed E-state index contributed by atoms with van der Waals surface area (Å²) in [6.07, 6.45) is 0. The fourth-order valence-corrected chi connectivity index (χ4v) is 16.4. The van der Waals surface area contributed by atoms with E-state index in [2.05, 4.69) is 0 Å². The molecule has 0 radical (unpaired) electrons. The molecule has 29 nitrogen and oxygen atoms in total. The van der Waals surface area contributed by atoms with Gasteiger partial charge >= 0.3 is 66.7 Å². The van der Waals surface area contributed by atoms with E-state index in [0.29, 0.717) is 6.92 Å². The van der Waals surface area contributed by atoms with E-state index in [4.69, 9.17) is 0 Å². The summed E-state index contributed by atoms with van der Waals surface area (Å²) in [5, 5.41) is 9.49. The molecule has 48 heavy (non-hydrogen) atoms. The molecular weight excluding hydrogens is 838 g/mol. The van der Waals surface area contributed by atoms with Crippen molar-refractivity contribution in [3.8, 4) is 0 Å². The minimum atomic E-state index is -6.39. The molecule has 1 atom stereocenters. The van der Waals surface area contributed by atoms with Crippen LogP contribution in [0.5, 0.6) is 0 Å². The summed E-state index contributed by atoms with van der Waals surface area (Å²) in [5.74, 6) is -1.97. The monoisotopic (exact) mass is 871 g/mol. The minimum absolute atomic E-state index is 0.252. The van der Waals surface area contributed by atoms with E-state index >= 15 is 0 Å². The molecular formula is C11H33N3O26P8. The summed E-state index contributed by atoms with van der Waals surface area (Å²) in [6, 6.07) is -2.13. The normalized spacial score (nSPS) is 15.9. The lowest BCUT2D eigenvalue weighted by molar-refractivity contribution is -0.142. The maximum absolute atomic E-state index is 12.1. The van der Waals surface area contributed by atoms with Gasteiger partial charge in [0.25, 0.3) is 0 Å². The van der Waals surface area contributed by atoms with Crippen molar-refractivity contribution in [3.05, 3.63) is 0 Å². The Bertz CT molecular complexity index is 1250. The van der Waals surface area contributed by atoms with Crippen LogP contribution >= 0.6 is 60.8 Å². The lowest BCUT2D eigenvalue weighted by atomic mass is 10.2. The van der Waals surface area contributed by atoms with Gasteiger partial charge in [0.2, 0.25) is 22.1 Å². The molecule has 0 heterocycles. The molecule has 0 rings (SSSR count). The summed E-state index contributed by atoms with van der Waals surface area (Å²) in [6.45, 7) is -5.75. The highest BCUT2D eigenvalue weighted by Crippen LogP contribution is 2.70. The van der Waals surface area contributed by atoms with Crippen LogP contribution in [0.1, 0.15) is 6.92 Å². The van der Waals surface area contributed by atoms with E-state index in [1.165, 1.54) is 0 Å². The van der Waals surface area contributed by atoms with Gasteiger partial charge in [0.15, 0.2) is 0 Å². The molecule has 0 aliphatic carbocycles. The molecule has 0 aliphatic rings. The van der Waals surface area contributed by atoms with Crippen molar-refractivity contribution in [2.24, 2.45) is 0 Å². The fraction of sp³-hybridized carbons (Fsp3) is 0.909. The van der Waals surface area contributed by atoms with Gasteiger partial charge in [-0.15, -0.1) is 0 Å². The summed E-state index contributed by atoms with van der Waals surface area (Å²) in [7, 11) is -51.2. The molecule has 0 aromatic carbocycles. The molecule has 0 saturated heterocycles. The molecule has 0 bridgehead atoms. The van der Waals surface area contributed by atoms with Crippen molar-refractivity contribution in [2.45, 2.75) is 35.1 Å². The van der Waals surface area contributed by atoms with Crippen LogP contribution < -0.4 is 0 Å². The lowest BCUT2D eigenvalue weighted by Gasteiger charge is -2.41. The van der Waals surface area contributed by atoms with Crippen LogP contribution in [0.4, 0.5) is 0 Å². The first-order valence-corrected chi connectivity index (χ1v) is 25.0. The van der Waals surface area contributed by atoms with Gasteiger partial charge in [-0.05, 0) is 6.92 Å². The third-order valence-corrected chi connectivity index (χ3v) is 20.2. The average Bonchev–Trinajstić information content (AvgIpc) is 2.70. The lowest BCUT2D eigenvalue weighted by Crippen LogP contribution is -2.52. The third kappa shape index (κ3) is 14.2. The van der Waals surface area contributed by atoms with Crippen molar-refractivity contribution in [3.63, 3.8) is 0 Å². The van der Waals surface area contributed by atoms with Crippen molar-refractivity contribution < 1.29 is 125 Å². The van der Waals surface area contributed by atoms with E-state index < -0.39 is 131 Å². The van der Waals surface area contributed by atoms with Crippen LogP contribution in [0.25, 0.3) is 0 Å². The zero-order valence-corrected chi connectivity index (χ0v) is 30.6. The zero-order valence-electron chi connectivity index (χ0n) is 23.4. The average molecular weight is 871 g/mol. The van der Waals surface area contributed by atoms with Crippen LogP contribution in [0.2, 0.25) is 0 Å². The summed E-state index contributed by atoms with van der Waals surface area (Å²) in [4.78, 5) is 164. The fourth-order valence-electron chi connectivity index (χ4n) is 4.17.